The van der Waals surface area contributed by atoms with E-state index in [0.29, 0.717) is 6.54 Å². The van der Waals surface area contributed by atoms with Gasteiger partial charge in [-0.05, 0) is 30.5 Å². The van der Waals surface area contributed by atoms with Gasteiger partial charge in [0.2, 0.25) is 0 Å². The zero-order chi connectivity index (χ0) is 13.7. The highest BCUT2D eigenvalue weighted by Gasteiger charge is 2.31. The summed E-state index contributed by atoms with van der Waals surface area (Å²) < 4.78 is 17.7. The Morgan fingerprint density at radius 2 is 2.00 bits per heavy atom. The molecule has 2 rings (SSSR count). The van der Waals surface area contributed by atoms with Crippen LogP contribution in [0.4, 0.5) is 4.39 Å². The van der Waals surface area contributed by atoms with E-state index in [1.165, 1.54) is 19.2 Å². The molecular weight excluding hydrogens is 245 g/mol. The van der Waals surface area contributed by atoms with Gasteiger partial charge in [0.15, 0.2) is 0 Å². The van der Waals surface area contributed by atoms with Crippen LogP contribution in [0.1, 0.15) is 31.2 Å². The number of nitrogens with one attached hydrogen (secondary N) is 1. The molecule has 1 fully saturated rings. The number of methoxy groups -OCH3 is 1. The second kappa shape index (κ2) is 6.66. The molecule has 1 saturated carbocycles. The number of hydrogen-bond acceptors (Lipinski definition) is 3. The minimum Gasteiger partial charge on any atom is -0.469 e. The van der Waals surface area contributed by atoms with Crippen molar-refractivity contribution in [3.8, 4) is 0 Å². The molecule has 1 N–H and O–H groups in total. The SMILES string of the molecule is COC(=O)[C@@H]1CCCC[C@H]1NCc1ccc(F)cc1. The predicted molar refractivity (Wildman–Crippen MR) is 71.0 cm³/mol. The van der Waals surface area contributed by atoms with Gasteiger partial charge >= 0.3 is 5.97 Å². The van der Waals surface area contributed by atoms with Crippen molar-refractivity contribution in [1.29, 1.82) is 0 Å². The molecule has 1 aromatic carbocycles. The second-order valence-electron chi connectivity index (χ2n) is 5.03. The Kier molecular flexibility index (Phi) is 4.91. The summed E-state index contributed by atoms with van der Waals surface area (Å²) in [7, 11) is 1.44. The van der Waals surface area contributed by atoms with Crippen LogP contribution in [0, 0.1) is 11.7 Å². The van der Waals surface area contributed by atoms with Crippen molar-refractivity contribution in [1.82, 2.24) is 5.32 Å². The van der Waals surface area contributed by atoms with E-state index in [4.69, 9.17) is 4.74 Å². The van der Waals surface area contributed by atoms with E-state index < -0.39 is 0 Å². The lowest BCUT2D eigenvalue weighted by Gasteiger charge is -2.30. The smallest absolute Gasteiger partial charge is 0.310 e. The molecule has 0 saturated heterocycles. The van der Waals surface area contributed by atoms with Crippen molar-refractivity contribution < 1.29 is 13.9 Å². The lowest BCUT2D eigenvalue weighted by atomic mass is 9.84. The molecule has 0 radical (unpaired) electrons. The number of esters is 1. The zero-order valence-corrected chi connectivity index (χ0v) is 11.2. The summed E-state index contributed by atoms with van der Waals surface area (Å²) in [5, 5.41) is 3.40. The van der Waals surface area contributed by atoms with E-state index in [1.807, 2.05) is 0 Å². The van der Waals surface area contributed by atoms with Crippen molar-refractivity contribution in [3.05, 3.63) is 35.6 Å². The lowest BCUT2D eigenvalue weighted by molar-refractivity contribution is -0.147. The highest BCUT2D eigenvalue weighted by atomic mass is 19.1. The molecule has 0 aromatic heterocycles. The molecule has 3 nitrogen and oxygen atoms in total. The van der Waals surface area contributed by atoms with Crippen molar-refractivity contribution >= 4 is 5.97 Å². The monoisotopic (exact) mass is 265 g/mol. The van der Waals surface area contributed by atoms with E-state index in [1.54, 1.807) is 12.1 Å². The van der Waals surface area contributed by atoms with Gasteiger partial charge in [0.1, 0.15) is 5.82 Å². The fourth-order valence-electron chi connectivity index (χ4n) is 2.66. The fraction of sp³-hybridized carbons (Fsp3) is 0.533. The molecule has 0 amide bonds. The van der Waals surface area contributed by atoms with Crippen molar-refractivity contribution in [2.24, 2.45) is 5.92 Å². The normalized spacial score (nSPS) is 23.1. The molecule has 2 atom stereocenters. The number of halogens is 1. The van der Waals surface area contributed by atoms with Crippen LogP contribution in [0.15, 0.2) is 24.3 Å². The fourth-order valence-corrected chi connectivity index (χ4v) is 2.66. The first-order chi connectivity index (χ1) is 9.20. The van der Waals surface area contributed by atoms with Gasteiger partial charge in [-0.25, -0.2) is 4.39 Å². The molecule has 0 unspecified atom stereocenters. The van der Waals surface area contributed by atoms with Gasteiger partial charge in [-0.3, -0.25) is 4.79 Å². The molecule has 0 aliphatic heterocycles. The van der Waals surface area contributed by atoms with Crippen LogP contribution in [0.25, 0.3) is 0 Å². The molecular formula is C15H20FNO2. The Labute approximate surface area is 113 Å². The third kappa shape index (κ3) is 3.77. The van der Waals surface area contributed by atoms with Crippen LogP contribution in [-0.4, -0.2) is 19.1 Å². The number of carbonyl (C=O) groups is 1. The molecule has 1 aromatic rings. The van der Waals surface area contributed by atoms with Gasteiger partial charge in [-0.15, -0.1) is 0 Å². The molecule has 0 heterocycles. The molecule has 1 aliphatic rings. The molecule has 104 valence electrons. The van der Waals surface area contributed by atoms with Crippen LogP contribution >= 0.6 is 0 Å². The van der Waals surface area contributed by atoms with Crippen molar-refractivity contribution in [3.63, 3.8) is 0 Å². The topological polar surface area (TPSA) is 38.3 Å². The molecule has 19 heavy (non-hydrogen) atoms. The maximum atomic E-state index is 12.8. The molecule has 4 heteroatoms. The quantitative estimate of drug-likeness (QED) is 0.851. The number of hydrogen-bond donors (Lipinski definition) is 1. The molecule has 1 aliphatic carbocycles. The Morgan fingerprint density at radius 1 is 1.32 bits per heavy atom. The highest BCUT2D eigenvalue weighted by molar-refractivity contribution is 5.73. The van der Waals surface area contributed by atoms with Gasteiger partial charge in [-0.1, -0.05) is 25.0 Å². The average molecular weight is 265 g/mol. The Morgan fingerprint density at radius 3 is 2.68 bits per heavy atom. The van der Waals surface area contributed by atoms with Crippen molar-refractivity contribution in [2.75, 3.05) is 7.11 Å². The zero-order valence-electron chi connectivity index (χ0n) is 11.2. The van der Waals surface area contributed by atoms with E-state index in [0.717, 1.165) is 31.2 Å². The van der Waals surface area contributed by atoms with Gasteiger partial charge in [-0.2, -0.15) is 0 Å². The first-order valence-electron chi connectivity index (χ1n) is 6.76. The van der Waals surface area contributed by atoms with Crippen LogP contribution in [0.5, 0.6) is 0 Å². The second-order valence-corrected chi connectivity index (χ2v) is 5.03. The number of ether oxygens (including phenoxy) is 1. The highest BCUT2D eigenvalue weighted by Crippen LogP contribution is 2.25. The summed E-state index contributed by atoms with van der Waals surface area (Å²) in [5.41, 5.74) is 1.02. The van der Waals surface area contributed by atoms with Crippen molar-refractivity contribution in [2.45, 2.75) is 38.3 Å². The maximum absolute atomic E-state index is 12.8. The van der Waals surface area contributed by atoms with Gasteiger partial charge < -0.3 is 10.1 Å². The summed E-state index contributed by atoms with van der Waals surface area (Å²) in [6, 6.07) is 6.59. The molecule has 0 spiro atoms. The largest absolute Gasteiger partial charge is 0.469 e. The first-order valence-corrected chi connectivity index (χ1v) is 6.76. The lowest BCUT2D eigenvalue weighted by Crippen LogP contribution is -2.42. The summed E-state index contributed by atoms with van der Waals surface area (Å²) in [4.78, 5) is 11.7. The predicted octanol–water partition coefficient (Wildman–Crippen LogP) is 2.65. The Balaban J connectivity index is 1.92. The van der Waals surface area contributed by atoms with Crippen LogP contribution in [0.3, 0.4) is 0 Å². The maximum Gasteiger partial charge on any atom is 0.310 e. The minimum atomic E-state index is -0.228. The molecule has 0 bridgehead atoms. The average Bonchev–Trinajstić information content (AvgIpc) is 2.46. The van der Waals surface area contributed by atoms with E-state index >= 15 is 0 Å². The summed E-state index contributed by atoms with van der Waals surface area (Å²) in [6.45, 7) is 0.651. The first kappa shape index (κ1) is 14.0. The number of rotatable bonds is 4. The van der Waals surface area contributed by atoms with Gasteiger partial charge in [0.25, 0.3) is 0 Å². The van der Waals surface area contributed by atoms with Gasteiger partial charge in [0, 0.05) is 12.6 Å². The van der Waals surface area contributed by atoms with E-state index in [2.05, 4.69) is 5.32 Å². The van der Waals surface area contributed by atoms with Crippen LogP contribution in [0.2, 0.25) is 0 Å². The summed E-state index contributed by atoms with van der Waals surface area (Å²) >= 11 is 0. The third-order valence-corrected chi connectivity index (χ3v) is 3.75. The summed E-state index contributed by atoms with van der Waals surface area (Å²) in [6.07, 6.45) is 4.08. The van der Waals surface area contributed by atoms with E-state index in [9.17, 15) is 9.18 Å². The van der Waals surface area contributed by atoms with Gasteiger partial charge in [0.05, 0.1) is 13.0 Å². The van der Waals surface area contributed by atoms with Crippen LogP contribution in [-0.2, 0) is 16.1 Å². The Hall–Kier alpha value is -1.42. The summed E-state index contributed by atoms with van der Waals surface area (Å²) in [5.74, 6) is -0.413. The number of carbonyl (C=O) groups excluding carboxylic acids is 1. The minimum absolute atomic E-state index is 0.0563. The van der Waals surface area contributed by atoms with Crippen LogP contribution < -0.4 is 5.32 Å². The standard InChI is InChI=1S/C15H20FNO2/c1-19-15(18)13-4-2-3-5-14(13)17-10-11-6-8-12(16)9-7-11/h6-9,13-14,17H,2-5,10H2,1H3/t13-,14-/m1/s1. The number of benzene rings is 1. The third-order valence-electron chi connectivity index (χ3n) is 3.75. The Bertz CT molecular complexity index is 419. The van der Waals surface area contributed by atoms with E-state index in [-0.39, 0.29) is 23.7 Å².